The number of fused-ring (bicyclic) bond motifs is 1. The monoisotopic (exact) mass is 521 g/mol. The van der Waals surface area contributed by atoms with Gasteiger partial charge in [-0.15, -0.1) is 0 Å². The number of hydrogen-bond donors (Lipinski definition) is 1. The van der Waals surface area contributed by atoms with Crippen LogP contribution in [0.1, 0.15) is 79.4 Å². The van der Waals surface area contributed by atoms with Crippen LogP contribution in [0.5, 0.6) is 0 Å². The van der Waals surface area contributed by atoms with Crippen molar-refractivity contribution < 1.29 is 19.1 Å². The first-order valence-corrected chi connectivity index (χ1v) is 14.2. The lowest BCUT2D eigenvalue weighted by Crippen LogP contribution is -2.39. The van der Waals surface area contributed by atoms with Gasteiger partial charge in [0.25, 0.3) is 0 Å². The fraction of sp³-hybridized carbons (Fsp3) is 0.548. The quantitative estimate of drug-likeness (QED) is 0.363. The van der Waals surface area contributed by atoms with Crippen molar-refractivity contribution in [2.24, 2.45) is 0 Å². The number of carbonyl (C=O) groups excluding carboxylic acids is 2. The fourth-order valence-corrected chi connectivity index (χ4v) is 5.98. The maximum atomic E-state index is 13.2. The highest BCUT2D eigenvalue weighted by Crippen LogP contribution is 2.37. The summed E-state index contributed by atoms with van der Waals surface area (Å²) in [5.74, 6) is 0.642. The summed E-state index contributed by atoms with van der Waals surface area (Å²) in [6.07, 6.45) is 11.7. The number of anilines is 1. The van der Waals surface area contributed by atoms with Gasteiger partial charge in [-0.25, -0.2) is 4.79 Å². The van der Waals surface area contributed by atoms with E-state index < -0.39 is 6.09 Å². The van der Waals surface area contributed by atoms with Gasteiger partial charge in [0.15, 0.2) is 0 Å². The molecule has 1 saturated heterocycles. The third-order valence-electron chi connectivity index (χ3n) is 7.77. The average Bonchev–Trinajstić information content (AvgIpc) is 3.21. The molecule has 2 heterocycles. The Labute approximate surface area is 227 Å². The largest absolute Gasteiger partial charge is 0.450 e. The van der Waals surface area contributed by atoms with Crippen molar-refractivity contribution in [3.8, 4) is 0 Å². The summed E-state index contributed by atoms with van der Waals surface area (Å²) in [5.41, 5.74) is 7.56. The number of amides is 2. The van der Waals surface area contributed by atoms with Gasteiger partial charge in [0.2, 0.25) is 5.91 Å². The zero-order valence-electron chi connectivity index (χ0n) is 23.3. The Hall–Kier alpha value is -3.06. The number of nitrogens with one attached hydrogen (secondary N) is 1. The normalized spacial score (nSPS) is 16.8. The molecular weight excluding hydrogens is 478 g/mol. The van der Waals surface area contributed by atoms with Crippen LogP contribution in [0.2, 0.25) is 0 Å². The van der Waals surface area contributed by atoms with Crippen molar-refractivity contribution in [1.82, 2.24) is 9.47 Å². The van der Waals surface area contributed by atoms with E-state index >= 15 is 0 Å². The van der Waals surface area contributed by atoms with Gasteiger partial charge in [0.05, 0.1) is 6.61 Å². The number of likely N-dealkylation sites (tertiary alicyclic amines) is 1. The van der Waals surface area contributed by atoms with Crippen molar-refractivity contribution in [2.45, 2.75) is 77.7 Å². The van der Waals surface area contributed by atoms with Crippen LogP contribution in [0.4, 0.5) is 10.5 Å². The Morgan fingerprint density at radius 1 is 1.16 bits per heavy atom. The number of piperidine rings is 1. The number of carbonyl (C=O) groups is 2. The van der Waals surface area contributed by atoms with Crippen LogP contribution < -0.4 is 5.32 Å². The molecule has 1 aromatic heterocycles. The standard InChI is InChI=1S/C31H43N3O4/c1-4-38-31(36)32-26-17-15-24(16-18-26)10-7-14-29(35)33-19-8-11-25(22-33)30-23(2)27-12-5-6-13-28(27)34(30)20-9-21-37-3/h5,12,15-18,25H,4,6-11,13-14,19-22H2,1-3H3,(H,32,36). The van der Waals surface area contributed by atoms with E-state index in [1.165, 1.54) is 22.5 Å². The van der Waals surface area contributed by atoms with E-state index in [1.54, 1.807) is 14.0 Å². The molecule has 4 rings (SSSR count). The molecule has 7 heteroatoms. The van der Waals surface area contributed by atoms with E-state index in [1.807, 2.05) is 24.3 Å². The first-order valence-electron chi connectivity index (χ1n) is 14.2. The zero-order chi connectivity index (χ0) is 26.9. The van der Waals surface area contributed by atoms with Crippen LogP contribution in [-0.2, 0) is 33.7 Å². The second kappa shape index (κ2) is 13.7. The summed E-state index contributed by atoms with van der Waals surface area (Å²) < 4.78 is 12.8. The first kappa shape index (κ1) is 28.0. The van der Waals surface area contributed by atoms with Gasteiger partial charge in [-0.1, -0.05) is 24.3 Å². The van der Waals surface area contributed by atoms with Gasteiger partial charge in [-0.2, -0.15) is 0 Å². The van der Waals surface area contributed by atoms with Crippen molar-refractivity contribution in [3.05, 3.63) is 58.4 Å². The topological polar surface area (TPSA) is 72.8 Å². The summed E-state index contributed by atoms with van der Waals surface area (Å²) >= 11 is 0. The fourth-order valence-electron chi connectivity index (χ4n) is 5.98. The van der Waals surface area contributed by atoms with Gasteiger partial charge in [0.1, 0.15) is 0 Å². The van der Waals surface area contributed by atoms with Crippen molar-refractivity contribution >= 4 is 23.8 Å². The Morgan fingerprint density at radius 3 is 2.74 bits per heavy atom. The molecule has 1 unspecified atom stereocenters. The number of ether oxygens (including phenoxy) is 2. The lowest BCUT2D eigenvalue weighted by molar-refractivity contribution is -0.132. The Morgan fingerprint density at radius 2 is 1.97 bits per heavy atom. The molecule has 2 aliphatic rings. The maximum absolute atomic E-state index is 13.2. The number of nitrogens with zero attached hydrogens (tertiary/aromatic N) is 2. The maximum Gasteiger partial charge on any atom is 0.411 e. The average molecular weight is 522 g/mol. The van der Waals surface area contributed by atoms with Gasteiger partial charge in [-0.3, -0.25) is 10.1 Å². The number of hydrogen-bond acceptors (Lipinski definition) is 4. The number of allylic oxidation sites excluding steroid dienone is 1. The van der Waals surface area contributed by atoms with E-state index in [2.05, 4.69) is 33.9 Å². The lowest BCUT2D eigenvalue weighted by atomic mass is 9.91. The molecule has 2 amide bonds. The second-order valence-electron chi connectivity index (χ2n) is 10.4. The molecule has 1 aliphatic carbocycles. The highest BCUT2D eigenvalue weighted by atomic mass is 16.5. The number of rotatable bonds is 11. The second-order valence-corrected chi connectivity index (χ2v) is 10.4. The lowest BCUT2D eigenvalue weighted by Gasteiger charge is -2.34. The molecule has 0 radical (unpaired) electrons. The smallest absolute Gasteiger partial charge is 0.411 e. The minimum atomic E-state index is -0.445. The molecule has 206 valence electrons. The van der Waals surface area contributed by atoms with E-state index in [0.717, 1.165) is 76.8 Å². The van der Waals surface area contributed by atoms with Crippen molar-refractivity contribution in [1.29, 1.82) is 0 Å². The summed E-state index contributed by atoms with van der Waals surface area (Å²) in [6.45, 7) is 7.80. The van der Waals surface area contributed by atoms with E-state index in [4.69, 9.17) is 9.47 Å². The third kappa shape index (κ3) is 6.87. The van der Waals surface area contributed by atoms with Gasteiger partial charge >= 0.3 is 6.09 Å². The Kier molecular flexibility index (Phi) is 10.0. The van der Waals surface area contributed by atoms with Crippen LogP contribution >= 0.6 is 0 Å². The van der Waals surface area contributed by atoms with Crippen LogP contribution in [0.25, 0.3) is 6.08 Å². The minimum Gasteiger partial charge on any atom is -0.450 e. The van der Waals surface area contributed by atoms with E-state index in [-0.39, 0.29) is 5.91 Å². The van der Waals surface area contributed by atoms with Crippen molar-refractivity contribution in [3.63, 3.8) is 0 Å². The predicted octanol–water partition coefficient (Wildman–Crippen LogP) is 6.09. The Balaban J connectivity index is 1.34. The van der Waals surface area contributed by atoms with Gasteiger partial charge in [0, 0.05) is 62.8 Å². The third-order valence-corrected chi connectivity index (χ3v) is 7.77. The summed E-state index contributed by atoms with van der Waals surface area (Å²) in [6, 6.07) is 7.75. The number of benzene rings is 1. The summed E-state index contributed by atoms with van der Waals surface area (Å²) in [4.78, 5) is 26.9. The molecule has 0 saturated carbocycles. The number of methoxy groups -OCH3 is 1. The summed E-state index contributed by atoms with van der Waals surface area (Å²) in [7, 11) is 1.77. The van der Waals surface area contributed by atoms with Crippen molar-refractivity contribution in [2.75, 3.05) is 38.7 Å². The molecule has 1 fully saturated rings. The molecule has 1 aliphatic heterocycles. The molecule has 0 bridgehead atoms. The molecule has 1 aromatic carbocycles. The molecule has 2 aromatic rings. The van der Waals surface area contributed by atoms with Crippen LogP contribution in [-0.4, -0.2) is 54.9 Å². The SMILES string of the molecule is CCOC(=O)Nc1ccc(CCCC(=O)N2CCCC(c3c(C)c4c(n3CCCOC)CCC=C4)C2)cc1. The summed E-state index contributed by atoms with van der Waals surface area (Å²) in [5, 5.41) is 2.71. The van der Waals surface area contributed by atoms with Crippen LogP contribution in [0.3, 0.4) is 0 Å². The molecular formula is C31H43N3O4. The van der Waals surface area contributed by atoms with Crippen LogP contribution in [0.15, 0.2) is 30.3 Å². The molecule has 7 nitrogen and oxygen atoms in total. The van der Waals surface area contributed by atoms with E-state index in [0.29, 0.717) is 24.6 Å². The van der Waals surface area contributed by atoms with Gasteiger partial charge in [-0.05, 0) is 87.6 Å². The van der Waals surface area contributed by atoms with Gasteiger partial charge < -0.3 is 18.9 Å². The predicted molar refractivity (Wildman–Crippen MR) is 152 cm³/mol. The molecule has 38 heavy (non-hydrogen) atoms. The van der Waals surface area contributed by atoms with E-state index in [9.17, 15) is 9.59 Å². The molecule has 0 spiro atoms. The molecule has 1 atom stereocenters. The first-order chi connectivity index (χ1) is 18.5. The Bertz CT molecular complexity index is 1120. The highest BCUT2D eigenvalue weighted by Gasteiger charge is 2.30. The number of aromatic nitrogens is 1. The zero-order valence-corrected chi connectivity index (χ0v) is 23.3. The highest BCUT2D eigenvalue weighted by molar-refractivity contribution is 5.84. The minimum absolute atomic E-state index is 0.259. The number of aryl methyl sites for hydroxylation is 1. The molecule has 1 N–H and O–H groups in total. The van der Waals surface area contributed by atoms with Crippen LogP contribution in [0, 0.1) is 6.92 Å².